The maximum absolute atomic E-state index is 12.0. The molecule has 1 saturated carbocycles. The number of hydrogen-bond donors (Lipinski definition) is 1. The molecule has 0 aromatic carbocycles. The number of aryl methyl sites for hydroxylation is 1. The molecule has 0 bridgehead atoms. The smallest absolute Gasteiger partial charge is 0.229 e. The van der Waals surface area contributed by atoms with Gasteiger partial charge in [-0.1, -0.05) is 22.9 Å². The first-order valence-electron chi connectivity index (χ1n) is 5.06. The first-order chi connectivity index (χ1) is 7.88. The van der Waals surface area contributed by atoms with Gasteiger partial charge in [-0.15, -0.1) is 0 Å². The zero-order chi connectivity index (χ0) is 12.7. The number of thiazole rings is 1. The third kappa shape index (κ3) is 2.96. The Morgan fingerprint density at radius 3 is 2.65 bits per heavy atom. The molecule has 1 fully saturated rings. The van der Waals surface area contributed by atoms with E-state index < -0.39 is 10.0 Å². The molecule has 0 saturated heterocycles. The lowest BCUT2D eigenvalue weighted by atomic mass is 10.4. The largest absolute Gasteiger partial charge is 0.252 e. The predicted molar refractivity (Wildman–Crippen MR) is 72.5 cm³/mol. The predicted octanol–water partition coefficient (Wildman–Crippen LogP) is 2.28. The molecule has 0 spiro atoms. The molecule has 1 aliphatic rings. The molecule has 1 heterocycles. The minimum atomic E-state index is -3.47. The van der Waals surface area contributed by atoms with Crippen molar-refractivity contribution in [3.05, 3.63) is 10.2 Å². The van der Waals surface area contributed by atoms with Gasteiger partial charge in [-0.25, -0.2) is 18.1 Å². The van der Waals surface area contributed by atoms with E-state index in [1.807, 2.05) is 6.26 Å². The van der Waals surface area contributed by atoms with Gasteiger partial charge in [0.1, 0.15) is 0 Å². The number of aromatic nitrogens is 1. The number of nitrogens with one attached hydrogen (secondary N) is 1. The first-order valence-corrected chi connectivity index (χ1v) is 8.96. The fourth-order valence-electron chi connectivity index (χ4n) is 1.48. The van der Waals surface area contributed by atoms with E-state index in [9.17, 15) is 8.42 Å². The molecule has 1 N–H and O–H groups in total. The minimum Gasteiger partial charge on any atom is -0.229 e. The molecule has 0 radical (unpaired) electrons. The van der Waals surface area contributed by atoms with Crippen molar-refractivity contribution >= 4 is 44.7 Å². The summed E-state index contributed by atoms with van der Waals surface area (Å²) in [7, 11) is -3.47. The fourth-order valence-corrected chi connectivity index (χ4v) is 5.21. The highest BCUT2D eigenvalue weighted by Crippen LogP contribution is 2.46. The van der Waals surface area contributed by atoms with Crippen molar-refractivity contribution in [2.45, 2.75) is 28.7 Å². The second kappa shape index (κ2) is 4.70. The Bertz CT molecular complexity index is 522. The average Bonchev–Trinajstić information content (AvgIpc) is 2.96. The normalized spacial score (nSPS) is 18.3. The van der Waals surface area contributed by atoms with Gasteiger partial charge >= 0.3 is 0 Å². The van der Waals surface area contributed by atoms with Crippen molar-refractivity contribution in [2.24, 2.45) is 0 Å². The summed E-state index contributed by atoms with van der Waals surface area (Å²) in [5.41, 5.74) is 0.460. The Hall–Kier alpha value is 0.180. The van der Waals surface area contributed by atoms with Gasteiger partial charge in [0.2, 0.25) is 0 Å². The number of hydrogen-bond acceptors (Lipinski definition) is 5. The number of halogens is 1. The van der Waals surface area contributed by atoms with Crippen LogP contribution in [-0.2, 0) is 10.0 Å². The maximum atomic E-state index is 12.0. The van der Waals surface area contributed by atoms with Crippen LogP contribution in [0.25, 0.3) is 0 Å². The monoisotopic (exact) mass is 312 g/mol. The minimum absolute atomic E-state index is 0.107. The lowest BCUT2D eigenvalue weighted by Crippen LogP contribution is -2.31. The van der Waals surface area contributed by atoms with E-state index in [-0.39, 0.29) is 13.4 Å². The maximum Gasteiger partial charge on any atom is 0.252 e. The molecular formula is C9H13ClN2O2S3. The van der Waals surface area contributed by atoms with Crippen molar-refractivity contribution < 1.29 is 8.42 Å². The molecule has 0 aliphatic heterocycles. The number of sulfonamides is 1. The zero-order valence-corrected chi connectivity index (χ0v) is 12.7. The average molecular weight is 313 g/mol. The van der Waals surface area contributed by atoms with Gasteiger partial charge in [0.05, 0.1) is 5.69 Å². The zero-order valence-electron chi connectivity index (χ0n) is 9.49. The van der Waals surface area contributed by atoms with E-state index in [0.29, 0.717) is 12.2 Å². The highest BCUT2D eigenvalue weighted by Gasteiger charge is 2.42. The van der Waals surface area contributed by atoms with E-state index in [1.54, 1.807) is 18.7 Å². The van der Waals surface area contributed by atoms with Crippen LogP contribution >= 0.6 is 34.7 Å². The van der Waals surface area contributed by atoms with Crippen LogP contribution in [0, 0.1) is 6.92 Å². The lowest BCUT2D eigenvalue weighted by Gasteiger charge is -2.12. The van der Waals surface area contributed by atoms with Gasteiger partial charge in [0.25, 0.3) is 10.0 Å². The molecule has 17 heavy (non-hydrogen) atoms. The summed E-state index contributed by atoms with van der Waals surface area (Å²) in [6.07, 6.45) is 4.15. The van der Waals surface area contributed by atoms with Crippen LogP contribution < -0.4 is 4.72 Å². The van der Waals surface area contributed by atoms with E-state index in [4.69, 9.17) is 11.6 Å². The van der Waals surface area contributed by atoms with Crippen LogP contribution in [0.1, 0.15) is 18.5 Å². The summed E-state index contributed by atoms with van der Waals surface area (Å²) in [4.78, 5) is 3.92. The quantitative estimate of drug-likeness (QED) is 0.906. The summed E-state index contributed by atoms with van der Waals surface area (Å²) in [6, 6.07) is 0. The Morgan fingerprint density at radius 1 is 1.59 bits per heavy atom. The topological polar surface area (TPSA) is 59.1 Å². The van der Waals surface area contributed by atoms with Crippen LogP contribution in [0.4, 0.5) is 0 Å². The summed E-state index contributed by atoms with van der Waals surface area (Å²) < 4.78 is 27.3. The molecule has 0 amide bonds. The van der Waals surface area contributed by atoms with Gasteiger partial charge < -0.3 is 0 Å². The molecule has 4 nitrogen and oxygen atoms in total. The van der Waals surface area contributed by atoms with Crippen molar-refractivity contribution in [3.8, 4) is 0 Å². The van der Waals surface area contributed by atoms with Crippen molar-refractivity contribution in [1.82, 2.24) is 9.71 Å². The van der Waals surface area contributed by atoms with Gasteiger partial charge in [-0.05, 0) is 26.0 Å². The summed E-state index contributed by atoms with van der Waals surface area (Å²) in [5.74, 6) is 0. The van der Waals surface area contributed by atoms with E-state index >= 15 is 0 Å². The Balaban J connectivity index is 2.12. The highest BCUT2D eigenvalue weighted by molar-refractivity contribution is 8.00. The van der Waals surface area contributed by atoms with E-state index in [0.717, 1.165) is 24.2 Å². The Kier molecular flexibility index (Phi) is 3.76. The molecule has 1 aromatic heterocycles. The fraction of sp³-hybridized carbons (Fsp3) is 0.667. The van der Waals surface area contributed by atoms with Crippen LogP contribution in [0.2, 0.25) is 4.47 Å². The molecule has 0 atom stereocenters. The van der Waals surface area contributed by atoms with Crippen molar-refractivity contribution in [2.75, 3.05) is 12.8 Å². The molecule has 96 valence electrons. The molecular weight excluding hydrogens is 300 g/mol. The third-order valence-corrected chi connectivity index (χ3v) is 7.49. The molecule has 8 heteroatoms. The Labute approximate surface area is 114 Å². The van der Waals surface area contributed by atoms with Gasteiger partial charge in [-0.3, -0.25) is 0 Å². The summed E-state index contributed by atoms with van der Waals surface area (Å²) in [5, 5.41) is 0. The van der Waals surface area contributed by atoms with Crippen LogP contribution in [-0.4, -0.2) is 30.9 Å². The van der Waals surface area contributed by atoms with Gasteiger partial charge in [0, 0.05) is 11.3 Å². The highest BCUT2D eigenvalue weighted by atomic mass is 35.5. The van der Waals surface area contributed by atoms with Crippen LogP contribution in [0.3, 0.4) is 0 Å². The number of rotatable bonds is 5. The van der Waals surface area contributed by atoms with Crippen molar-refractivity contribution in [3.63, 3.8) is 0 Å². The standard InChI is InChI=1S/C9H13ClN2O2S3/c1-6-7(16-8(10)12-6)17(13,14)11-5-9(15-2)3-4-9/h11H,3-5H2,1-2H3. The second-order valence-electron chi connectivity index (χ2n) is 4.05. The molecule has 0 unspecified atom stereocenters. The van der Waals surface area contributed by atoms with Crippen LogP contribution in [0.15, 0.2) is 4.21 Å². The number of nitrogens with zero attached hydrogens (tertiary/aromatic N) is 1. The number of thioether (sulfide) groups is 1. The van der Waals surface area contributed by atoms with Gasteiger partial charge in [-0.2, -0.15) is 11.8 Å². The van der Waals surface area contributed by atoms with Crippen molar-refractivity contribution in [1.29, 1.82) is 0 Å². The van der Waals surface area contributed by atoms with Crippen LogP contribution in [0.5, 0.6) is 0 Å². The summed E-state index contributed by atoms with van der Waals surface area (Å²) in [6.45, 7) is 2.13. The lowest BCUT2D eigenvalue weighted by molar-refractivity contribution is 0.581. The van der Waals surface area contributed by atoms with E-state index in [1.165, 1.54) is 0 Å². The molecule has 1 aromatic rings. The third-order valence-electron chi connectivity index (χ3n) is 2.80. The van der Waals surface area contributed by atoms with Gasteiger partial charge in [0.15, 0.2) is 8.68 Å². The molecule has 2 rings (SSSR count). The molecule has 1 aliphatic carbocycles. The second-order valence-corrected chi connectivity index (χ2v) is 8.87. The SMILES string of the molecule is CSC1(CNS(=O)(=O)c2sc(Cl)nc2C)CC1. The first kappa shape index (κ1) is 13.6. The van der Waals surface area contributed by atoms with E-state index in [2.05, 4.69) is 9.71 Å². The summed E-state index contributed by atoms with van der Waals surface area (Å²) >= 11 is 8.43. The Morgan fingerprint density at radius 2 is 2.24 bits per heavy atom.